The SMILES string of the molecule is O=C(Cl)/C=C/c1ccccc1F. The van der Waals surface area contributed by atoms with Crippen LogP contribution < -0.4 is 0 Å². The third-order valence-corrected chi connectivity index (χ3v) is 1.43. The van der Waals surface area contributed by atoms with Crippen molar-refractivity contribution in [2.24, 2.45) is 0 Å². The minimum atomic E-state index is -0.613. The molecule has 0 spiro atoms. The van der Waals surface area contributed by atoms with E-state index in [4.69, 9.17) is 11.6 Å². The van der Waals surface area contributed by atoms with Gasteiger partial charge in [-0.3, -0.25) is 4.79 Å². The molecular weight excluding hydrogens is 179 g/mol. The monoisotopic (exact) mass is 184 g/mol. The highest BCUT2D eigenvalue weighted by molar-refractivity contribution is 6.66. The predicted molar refractivity (Wildman–Crippen MR) is 46.3 cm³/mol. The molecule has 0 saturated carbocycles. The average molecular weight is 185 g/mol. The largest absolute Gasteiger partial charge is 0.276 e. The van der Waals surface area contributed by atoms with E-state index in [0.29, 0.717) is 5.56 Å². The van der Waals surface area contributed by atoms with Crippen molar-refractivity contribution in [2.45, 2.75) is 0 Å². The summed E-state index contributed by atoms with van der Waals surface area (Å²) in [5.41, 5.74) is 0.353. The van der Waals surface area contributed by atoms with Crippen LogP contribution in [0.1, 0.15) is 5.56 Å². The molecule has 1 aromatic carbocycles. The van der Waals surface area contributed by atoms with Crippen LogP contribution in [0.4, 0.5) is 4.39 Å². The van der Waals surface area contributed by atoms with Crippen molar-refractivity contribution < 1.29 is 9.18 Å². The van der Waals surface area contributed by atoms with Gasteiger partial charge in [-0.2, -0.15) is 0 Å². The zero-order valence-corrected chi connectivity index (χ0v) is 6.88. The van der Waals surface area contributed by atoms with Gasteiger partial charge in [0.05, 0.1) is 0 Å². The van der Waals surface area contributed by atoms with Crippen molar-refractivity contribution in [2.75, 3.05) is 0 Å². The van der Waals surface area contributed by atoms with E-state index in [1.165, 1.54) is 12.1 Å². The summed E-state index contributed by atoms with van der Waals surface area (Å²) in [5, 5.41) is -0.613. The van der Waals surface area contributed by atoms with Crippen molar-refractivity contribution in [3.05, 3.63) is 41.7 Å². The molecular formula is C9H6ClFO. The van der Waals surface area contributed by atoms with Gasteiger partial charge < -0.3 is 0 Å². The first-order chi connectivity index (χ1) is 5.70. The summed E-state index contributed by atoms with van der Waals surface area (Å²) in [4.78, 5) is 10.3. The van der Waals surface area contributed by atoms with E-state index >= 15 is 0 Å². The average Bonchev–Trinajstić information content (AvgIpc) is 2.03. The topological polar surface area (TPSA) is 17.1 Å². The first-order valence-electron chi connectivity index (χ1n) is 3.32. The molecule has 0 N–H and O–H groups in total. The summed E-state index contributed by atoms with van der Waals surface area (Å²) in [7, 11) is 0. The van der Waals surface area contributed by atoms with Crippen molar-refractivity contribution in [1.82, 2.24) is 0 Å². The van der Waals surface area contributed by atoms with Crippen molar-refractivity contribution >= 4 is 22.9 Å². The van der Waals surface area contributed by atoms with Crippen LogP contribution in [-0.2, 0) is 4.79 Å². The van der Waals surface area contributed by atoms with Crippen LogP contribution in [0.3, 0.4) is 0 Å². The van der Waals surface area contributed by atoms with E-state index < -0.39 is 5.24 Å². The molecule has 0 saturated heterocycles. The summed E-state index contributed by atoms with van der Waals surface area (Å²) in [6.45, 7) is 0. The molecule has 12 heavy (non-hydrogen) atoms. The summed E-state index contributed by atoms with van der Waals surface area (Å²) in [5.74, 6) is -0.369. The van der Waals surface area contributed by atoms with Gasteiger partial charge in [-0.15, -0.1) is 0 Å². The van der Waals surface area contributed by atoms with Crippen LogP contribution in [-0.4, -0.2) is 5.24 Å². The number of allylic oxidation sites excluding steroid dienone is 1. The van der Waals surface area contributed by atoms with Gasteiger partial charge in [0.2, 0.25) is 5.24 Å². The van der Waals surface area contributed by atoms with E-state index in [9.17, 15) is 9.18 Å². The second kappa shape index (κ2) is 4.02. The number of carbonyl (C=O) groups excluding carboxylic acids is 1. The van der Waals surface area contributed by atoms with Gasteiger partial charge in [-0.05, 0) is 29.8 Å². The second-order valence-electron chi connectivity index (χ2n) is 2.16. The standard InChI is InChI=1S/C9H6ClFO/c10-9(12)6-5-7-3-1-2-4-8(7)11/h1-6H/b6-5+. The Morgan fingerprint density at radius 3 is 2.67 bits per heavy atom. The lowest BCUT2D eigenvalue weighted by molar-refractivity contribution is -0.107. The first-order valence-corrected chi connectivity index (χ1v) is 3.70. The van der Waals surface area contributed by atoms with Crippen LogP contribution in [0.5, 0.6) is 0 Å². The smallest absolute Gasteiger partial charge is 0.245 e. The maximum absolute atomic E-state index is 12.8. The second-order valence-corrected chi connectivity index (χ2v) is 2.53. The molecule has 62 valence electrons. The normalized spacial score (nSPS) is 10.5. The van der Waals surface area contributed by atoms with Gasteiger partial charge >= 0.3 is 0 Å². The molecule has 0 fully saturated rings. The molecule has 0 amide bonds. The van der Waals surface area contributed by atoms with Gasteiger partial charge in [0.1, 0.15) is 5.82 Å². The molecule has 0 aliphatic rings. The van der Waals surface area contributed by atoms with Crippen LogP contribution in [0.2, 0.25) is 0 Å². The number of halogens is 2. The predicted octanol–water partition coefficient (Wildman–Crippen LogP) is 2.60. The molecule has 0 aromatic heterocycles. The molecule has 1 aromatic rings. The van der Waals surface area contributed by atoms with Gasteiger partial charge in [0.25, 0.3) is 0 Å². The van der Waals surface area contributed by atoms with E-state index in [1.54, 1.807) is 18.2 Å². The zero-order valence-electron chi connectivity index (χ0n) is 6.13. The molecule has 0 atom stereocenters. The Morgan fingerprint density at radius 2 is 2.08 bits per heavy atom. The van der Waals surface area contributed by atoms with Gasteiger partial charge in [0.15, 0.2) is 0 Å². The highest BCUT2D eigenvalue weighted by Crippen LogP contribution is 2.08. The fourth-order valence-electron chi connectivity index (χ4n) is 0.766. The fraction of sp³-hybridized carbons (Fsp3) is 0. The van der Waals surface area contributed by atoms with E-state index in [-0.39, 0.29) is 5.82 Å². The highest BCUT2D eigenvalue weighted by Gasteiger charge is 1.95. The Bertz CT molecular complexity index is 320. The molecule has 1 rings (SSSR count). The van der Waals surface area contributed by atoms with Gasteiger partial charge in [-0.25, -0.2) is 4.39 Å². The summed E-state index contributed by atoms with van der Waals surface area (Å²) in [6, 6.07) is 6.14. The fourth-order valence-corrected chi connectivity index (χ4v) is 0.829. The number of hydrogen-bond donors (Lipinski definition) is 0. The minimum Gasteiger partial charge on any atom is -0.276 e. The molecule has 0 radical (unpaired) electrons. The van der Waals surface area contributed by atoms with E-state index in [1.807, 2.05) is 0 Å². The molecule has 0 unspecified atom stereocenters. The number of benzene rings is 1. The lowest BCUT2D eigenvalue weighted by Crippen LogP contribution is -1.81. The molecule has 0 heterocycles. The Labute approximate surface area is 74.5 Å². The maximum Gasteiger partial charge on any atom is 0.245 e. The van der Waals surface area contributed by atoms with Crippen molar-refractivity contribution in [3.63, 3.8) is 0 Å². The maximum atomic E-state index is 12.8. The summed E-state index contributed by atoms with van der Waals surface area (Å²) in [6.07, 6.45) is 2.45. The highest BCUT2D eigenvalue weighted by atomic mass is 35.5. The van der Waals surface area contributed by atoms with Crippen LogP contribution in [0, 0.1) is 5.82 Å². The summed E-state index contributed by atoms with van der Waals surface area (Å²) >= 11 is 5.03. The lowest BCUT2D eigenvalue weighted by Gasteiger charge is -1.92. The first kappa shape index (κ1) is 8.94. The third kappa shape index (κ3) is 2.47. The Balaban J connectivity index is 2.89. The van der Waals surface area contributed by atoms with Crippen LogP contribution in [0.25, 0.3) is 6.08 Å². The van der Waals surface area contributed by atoms with E-state index in [0.717, 1.165) is 6.08 Å². The van der Waals surface area contributed by atoms with Gasteiger partial charge in [-0.1, -0.05) is 18.2 Å². The third-order valence-electron chi connectivity index (χ3n) is 1.30. The quantitative estimate of drug-likeness (QED) is 0.510. The summed E-state index contributed by atoms with van der Waals surface area (Å²) < 4.78 is 12.8. The van der Waals surface area contributed by atoms with Crippen LogP contribution >= 0.6 is 11.6 Å². The molecule has 1 nitrogen and oxygen atoms in total. The molecule has 0 aliphatic carbocycles. The molecule has 0 bridgehead atoms. The molecule has 3 heteroatoms. The van der Waals surface area contributed by atoms with E-state index in [2.05, 4.69) is 0 Å². The molecule has 0 aliphatic heterocycles. The zero-order chi connectivity index (χ0) is 8.97. The van der Waals surface area contributed by atoms with Crippen LogP contribution in [0.15, 0.2) is 30.3 Å². The number of rotatable bonds is 2. The minimum absolute atomic E-state index is 0.353. The lowest BCUT2D eigenvalue weighted by atomic mass is 10.2. The van der Waals surface area contributed by atoms with Crippen molar-refractivity contribution in [1.29, 1.82) is 0 Å². The number of carbonyl (C=O) groups is 1. The Hall–Kier alpha value is -1.15. The number of hydrogen-bond acceptors (Lipinski definition) is 1. The van der Waals surface area contributed by atoms with Crippen molar-refractivity contribution in [3.8, 4) is 0 Å². The Kier molecular flexibility index (Phi) is 3.00. The Morgan fingerprint density at radius 1 is 1.42 bits per heavy atom. The van der Waals surface area contributed by atoms with Gasteiger partial charge in [0, 0.05) is 5.56 Å².